The highest BCUT2D eigenvalue weighted by molar-refractivity contribution is 6.46. The molecule has 0 bridgehead atoms. The number of ether oxygens (including phenoxy) is 1. The molecule has 0 saturated carbocycles. The van der Waals surface area contributed by atoms with Gasteiger partial charge in [-0.3, -0.25) is 9.59 Å². The molecule has 1 amide bonds. The van der Waals surface area contributed by atoms with Crippen molar-refractivity contribution < 1.29 is 24.5 Å². The van der Waals surface area contributed by atoms with Crippen molar-refractivity contribution in [2.75, 3.05) is 19.8 Å². The van der Waals surface area contributed by atoms with E-state index in [0.717, 1.165) is 0 Å². The van der Waals surface area contributed by atoms with Gasteiger partial charge in [0.2, 0.25) is 0 Å². The highest BCUT2D eigenvalue weighted by Crippen LogP contribution is 2.40. The fourth-order valence-electron chi connectivity index (χ4n) is 3.41. The molecule has 0 radical (unpaired) electrons. The van der Waals surface area contributed by atoms with Crippen LogP contribution in [0.5, 0.6) is 5.75 Å². The lowest BCUT2D eigenvalue weighted by Crippen LogP contribution is -2.31. The molecule has 29 heavy (non-hydrogen) atoms. The number of Topliss-reactive ketones (excluding diaryl/α,β-unsaturated/α-hetero) is 1. The normalized spacial score (nSPS) is 18.3. The predicted octanol–water partition coefficient (Wildman–Crippen LogP) is 3.54. The first-order chi connectivity index (χ1) is 14.0. The lowest BCUT2D eigenvalue weighted by Gasteiger charge is -2.25. The van der Waals surface area contributed by atoms with E-state index in [2.05, 4.69) is 0 Å². The molecule has 1 heterocycles. The topological polar surface area (TPSA) is 87.1 Å². The van der Waals surface area contributed by atoms with Crippen LogP contribution < -0.4 is 4.74 Å². The zero-order valence-corrected chi connectivity index (χ0v) is 16.7. The van der Waals surface area contributed by atoms with Gasteiger partial charge in [-0.15, -0.1) is 0 Å². The van der Waals surface area contributed by atoms with Gasteiger partial charge in [-0.25, -0.2) is 0 Å². The predicted molar refractivity (Wildman–Crippen MR) is 110 cm³/mol. The zero-order valence-electron chi connectivity index (χ0n) is 16.0. The van der Waals surface area contributed by atoms with Crippen molar-refractivity contribution in [1.29, 1.82) is 0 Å². The molecule has 6 nitrogen and oxygen atoms in total. The molecule has 1 fully saturated rings. The van der Waals surface area contributed by atoms with E-state index in [0.29, 0.717) is 34.9 Å². The Bertz CT molecular complexity index is 938. The van der Waals surface area contributed by atoms with Crippen molar-refractivity contribution in [3.8, 4) is 5.75 Å². The van der Waals surface area contributed by atoms with Crippen LogP contribution >= 0.6 is 11.6 Å². The molecule has 1 aliphatic heterocycles. The Morgan fingerprint density at radius 2 is 1.90 bits per heavy atom. The maximum absolute atomic E-state index is 12.8. The van der Waals surface area contributed by atoms with Crippen LogP contribution in [-0.2, 0) is 9.59 Å². The number of halogens is 1. The number of aliphatic hydroxyl groups excluding tert-OH is 2. The molecule has 2 aromatic carbocycles. The maximum Gasteiger partial charge on any atom is 0.295 e. The van der Waals surface area contributed by atoms with Gasteiger partial charge in [0, 0.05) is 23.7 Å². The minimum absolute atomic E-state index is 0.000587. The van der Waals surface area contributed by atoms with Crippen LogP contribution in [0.15, 0.2) is 54.1 Å². The van der Waals surface area contributed by atoms with Gasteiger partial charge in [-0.05, 0) is 55.3 Å². The van der Waals surface area contributed by atoms with Crippen LogP contribution in [0.2, 0.25) is 5.02 Å². The second-order valence-electron chi connectivity index (χ2n) is 6.58. The Balaban J connectivity index is 2.10. The number of rotatable bonds is 7. The third kappa shape index (κ3) is 4.28. The van der Waals surface area contributed by atoms with E-state index in [1.165, 1.54) is 4.90 Å². The minimum Gasteiger partial charge on any atom is -0.507 e. The summed E-state index contributed by atoms with van der Waals surface area (Å²) in [6.45, 7) is 2.44. The van der Waals surface area contributed by atoms with E-state index >= 15 is 0 Å². The summed E-state index contributed by atoms with van der Waals surface area (Å²) in [4.78, 5) is 26.8. The number of hydrogen-bond donors (Lipinski definition) is 2. The monoisotopic (exact) mass is 415 g/mol. The number of benzene rings is 2. The number of amides is 1. The molecule has 1 atom stereocenters. The first kappa shape index (κ1) is 20.9. The fraction of sp³-hybridized carbons (Fsp3) is 0.273. The van der Waals surface area contributed by atoms with Gasteiger partial charge in [0.05, 0.1) is 18.2 Å². The van der Waals surface area contributed by atoms with Gasteiger partial charge in [0.25, 0.3) is 11.7 Å². The van der Waals surface area contributed by atoms with E-state index in [1.54, 1.807) is 48.5 Å². The standard InChI is InChI=1S/C22H22ClNO5/c1-2-29-17-9-7-14(8-10-17)20(26)18-19(15-5-3-6-16(23)13-15)24(11-4-12-25)22(28)21(18)27/h3,5-10,13,19,25-26H,2,4,11-12H2,1H3/b20-18+. The summed E-state index contributed by atoms with van der Waals surface area (Å²) < 4.78 is 5.40. The number of carbonyl (C=O) groups is 2. The van der Waals surface area contributed by atoms with Gasteiger partial charge in [0.15, 0.2) is 0 Å². The highest BCUT2D eigenvalue weighted by Gasteiger charge is 2.45. The van der Waals surface area contributed by atoms with Gasteiger partial charge in [-0.1, -0.05) is 23.7 Å². The Morgan fingerprint density at radius 1 is 1.17 bits per heavy atom. The van der Waals surface area contributed by atoms with Gasteiger partial charge >= 0.3 is 0 Å². The molecule has 0 aliphatic carbocycles. The molecule has 0 spiro atoms. The van der Waals surface area contributed by atoms with Crippen LogP contribution in [0.3, 0.4) is 0 Å². The Labute approximate surface area is 174 Å². The van der Waals surface area contributed by atoms with Gasteiger partial charge in [0.1, 0.15) is 11.5 Å². The van der Waals surface area contributed by atoms with E-state index in [9.17, 15) is 19.8 Å². The molecule has 2 N–H and O–H groups in total. The van der Waals surface area contributed by atoms with Gasteiger partial charge < -0.3 is 19.8 Å². The molecule has 2 aromatic rings. The summed E-state index contributed by atoms with van der Waals surface area (Å²) in [7, 11) is 0. The van der Waals surface area contributed by atoms with E-state index in [1.807, 2.05) is 6.92 Å². The number of nitrogens with zero attached hydrogens (tertiary/aromatic N) is 1. The van der Waals surface area contributed by atoms with E-state index < -0.39 is 17.7 Å². The van der Waals surface area contributed by atoms with Crippen molar-refractivity contribution in [2.24, 2.45) is 0 Å². The highest BCUT2D eigenvalue weighted by atomic mass is 35.5. The second-order valence-corrected chi connectivity index (χ2v) is 7.02. The first-order valence-corrected chi connectivity index (χ1v) is 9.73. The van der Waals surface area contributed by atoms with Crippen molar-refractivity contribution in [3.05, 3.63) is 70.3 Å². The number of aliphatic hydroxyl groups is 2. The minimum atomic E-state index is -0.785. The average molecular weight is 416 g/mol. The summed E-state index contributed by atoms with van der Waals surface area (Å²) in [6.07, 6.45) is 0.313. The number of likely N-dealkylation sites (tertiary alicyclic amines) is 1. The summed E-state index contributed by atoms with van der Waals surface area (Å²) in [6, 6.07) is 12.7. The first-order valence-electron chi connectivity index (χ1n) is 9.36. The van der Waals surface area contributed by atoms with Crippen molar-refractivity contribution in [2.45, 2.75) is 19.4 Å². The number of hydrogen-bond acceptors (Lipinski definition) is 5. The Morgan fingerprint density at radius 3 is 2.52 bits per heavy atom. The molecular formula is C22H22ClNO5. The molecular weight excluding hydrogens is 394 g/mol. The van der Waals surface area contributed by atoms with Crippen molar-refractivity contribution in [1.82, 2.24) is 4.90 Å². The summed E-state index contributed by atoms with van der Waals surface area (Å²) in [5, 5.41) is 20.6. The second kappa shape index (κ2) is 9.11. The molecule has 1 saturated heterocycles. The van der Waals surface area contributed by atoms with Crippen LogP contribution in [-0.4, -0.2) is 46.6 Å². The zero-order chi connectivity index (χ0) is 21.0. The average Bonchev–Trinajstić information content (AvgIpc) is 2.97. The Kier molecular flexibility index (Phi) is 6.56. The summed E-state index contributed by atoms with van der Waals surface area (Å²) in [5.41, 5.74) is 1.02. The fourth-order valence-corrected chi connectivity index (χ4v) is 3.60. The SMILES string of the molecule is CCOc1ccc(/C(O)=C2\C(=O)C(=O)N(CCCO)C2c2cccc(Cl)c2)cc1. The van der Waals surface area contributed by atoms with Crippen molar-refractivity contribution >= 4 is 29.1 Å². The molecule has 3 rings (SSSR count). The van der Waals surface area contributed by atoms with Crippen LogP contribution in [0.1, 0.15) is 30.5 Å². The number of ketones is 1. The molecule has 1 unspecified atom stereocenters. The smallest absolute Gasteiger partial charge is 0.295 e. The van der Waals surface area contributed by atoms with Crippen LogP contribution in [0, 0.1) is 0 Å². The number of carbonyl (C=O) groups excluding carboxylic acids is 2. The largest absolute Gasteiger partial charge is 0.507 e. The van der Waals surface area contributed by atoms with Crippen LogP contribution in [0.25, 0.3) is 5.76 Å². The molecule has 0 aromatic heterocycles. The van der Waals surface area contributed by atoms with Crippen LogP contribution in [0.4, 0.5) is 0 Å². The van der Waals surface area contributed by atoms with Crippen molar-refractivity contribution in [3.63, 3.8) is 0 Å². The quantitative estimate of drug-likeness (QED) is 0.410. The summed E-state index contributed by atoms with van der Waals surface area (Å²) in [5.74, 6) is -1.10. The van der Waals surface area contributed by atoms with E-state index in [-0.39, 0.29) is 24.5 Å². The maximum atomic E-state index is 12.8. The lowest BCUT2D eigenvalue weighted by molar-refractivity contribution is -0.140. The molecule has 1 aliphatic rings. The molecule has 7 heteroatoms. The third-order valence-electron chi connectivity index (χ3n) is 4.70. The van der Waals surface area contributed by atoms with E-state index in [4.69, 9.17) is 16.3 Å². The molecule has 152 valence electrons. The third-order valence-corrected chi connectivity index (χ3v) is 4.94. The Hall–Kier alpha value is -2.83. The van der Waals surface area contributed by atoms with Gasteiger partial charge in [-0.2, -0.15) is 0 Å². The lowest BCUT2D eigenvalue weighted by atomic mass is 9.95. The summed E-state index contributed by atoms with van der Waals surface area (Å²) >= 11 is 6.12.